The molecule has 3 fully saturated rings. The molecule has 1 saturated carbocycles. The molecule has 11 rings (SSSR count). The van der Waals surface area contributed by atoms with Gasteiger partial charge in [-0.25, -0.2) is 9.97 Å². The van der Waals surface area contributed by atoms with Crippen molar-refractivity contribution in [2.24, 2.45) is 0 Å². The number of rotatable bonds is 16. The molecule has 5 aromatic carbocycles. The molecular weight excluding hydrogens is 908 g/mol. The van der Waals surface area contributed by atoms with Crippen LogP contribution in [0.5, 0.6) is 0 Å². The summed E-state index contributed by atoms with van der Waals surface area (Å²) in [7, 11) is 1.90. The number of nitrogens with one attached hydrogen (secondary N) is 2. The van der Waals surface area contributed by atoms with Crippen LogP contribution in [-0.4, -0.2) is 97.2 Å². The summed E-state index contributed by atoms with van der Waals surface area (Å²) in [5, 5.41) is 1.32. The number of halogens is 1. The average molecular weight is 972 g/mol. The minimum absolute atomic E-state index is 0.00682. The molecule has 8 aromatic rings. The highest BCUT2D eigenvalue weighted by atomic mass is 35.5. The highest BCUT2D eigenvalue weighted by Gasteiger charge is 2.35. The lowest BCUT2D eigenvalue weighted by atomic mass is 9.87. The van der Waals surface area contributed by atoms with Gasteiger partial charge in [0.25, 0.3) is 11.8 Å². The van der Waals surface area contributed by atoms with Crippen molar-refractivity contribution in [3.63, 3.8) is 0 Å². The quantitative estimate of drug-likeness (QED) is 0.0999. The number of carbonyl (C=O) groups is 2. The predicted molar refractivity (Wildman–Crippen MR) is 284 cm³/mol. The van der Waals surface area contributed by atoms with E-state index in [2.05, 4.69) is 93.4 Å². The lowest BCUT2D eigenvalue weighted by Crippen LogP contribution is -2.36. The Balaban J connectivity index is 0.996. The Labute approximate surface area is 420 Å². The molecule has 0 radical (unpaired) electrons. The summed E-state index contributed by atoms with van der Waals surface area (Å²) in [6.07, 6.45) is 10.8. The van der Waals surface area contributed by atoms with Crippen LogP contribution in [0.2, 0.25) is 5.02 Å². The maximum atomic E-state index is 15.5. The lowest BCUT2D eigenvalue weighted by Gasteiger charge is -2.31. The maximum Gasteiger partial charge on any atom is 0.266 e. The van der Waals surface area contributed by atoms with Gasteiger partial charge in [-0.3, -0.25) is 19.4 Å². The Morgan fingerprint density at radius 3 is 1.94 bits per heavy atom. The zero-order valence-corrected chi connectivity index (χ0v) is 42.0. The fourth-order valence-electron chi connectivity index (χ4n) is 11.2. The van der Waals surface area contributed by atoms with Crippen LogP contribution in [0.15, 0.2) is 109 Å². The minimum atomic E-state index is -0.385. The number of hydrogen-bond donors (Lipinski definition) is 2. The number of fused-ring (bicyclic) bond motifs is 3. The number of benzene rings is 5. The zero-order chi connectivity index (χ0) is 47.7. The van der Waals surface area contributed by atoms with Gasteiger partial charge < -0.3 is 19.8 Å². The first-order valence-corrected chi connectivity index (χ1v) is 26.8. The number of thiophene rings is 1. The van der Waals surface area contributed by atoms with Crippen LogP contribution in [0, 0.1) is 0 Å². The first-order valence-electron chi connectivity index (χ1n) is 25.6. The first-order chi connectivity index (χ1) is 34.3. The molecular formula is C58H63ClN8O2S. The largest absolute Gasteiger partial charge is 0.341 e. The number of likely N-dealkylation sites (tertiary alicyclic amines) is 2. The second kappa shape index (κ2) is 20.5. The second-order valence-electron chi connectivity index (χ2n) is 19.9. The molecule has 12 heteroatoms. The summed E-state index contributed by atoms with van der Waals surface area (Å²) < 4.78 is 0.943. The van der Waals surface area contributed by atoms with E-state index in [-0.39, 0.29) is 29.8 Å². The third kappa shape index (κ3) is 9.53. The van der Waals surface area contributed by atoms with Crippen LogP contribution in [0.3, 0.4) is 0 Å². The normalized spacial score (nSPS) is 16.8. The highest BCUT2D eigenvalue weighted by molar-refractivity contribution is 7.21. The van der Waals surface area contributed by atoms with Gasteiger partial charge in [0, 0.05) is 55.1 Å². The van der Waals surface area contributed by atoms with E-state index < -0.39 is 0 Å². The van der Waals surface area contributed by atoms with Crippen molar-refractivity contribution in [2.75, 3.05) is 39.8 Å². The van der Waals surface area contributed by atoms with Gasteiger partial charge in [-0.2, -0.15) is 0 Å². The van der Waals surface area contributed by atoms with Crippen LogP contribution in [0.1, 0.15) is 130 Å². The van der Waals surface area contributed by atoms with Crippen molar-refractivity contribution in [1.29, 1.82) is 0 Å². The predicted octanol–water partition coefficient (Wildman–Crippen LogP) is 12.3. The first kappa shape index (κ1) is 46.5. The van der Waals surface area contributed by atoms with Crippen molar-refractivity contribution in [3.05, 3.63) is 164 Å². The van der Waals surface area contributed by atoms with Crippen molar-refractivity contribution in [2.45, 2.75) is 102 Å². The Hall–Kier alpha value is -5.85. The van der Waals surface area contributed by atoms with Gasteiger partial charge in [0.15, 0.2) is 0 Å². The van der Waals surface area contributed by atoms with E-state index in [9.17, 15) is 4.79 Å². The number of H-pyrrole nitrogens is 2. The van der Waals surface area contributed by atoms with Gasteiger partial charge >= 0.3 is 0 Å². The van der Waals surface area contributed by atoms with E-state index in [4.69, 9.17) is 21.6 Å². The van der Waals surface area contributed by atoms with Crippen molar-refractivity contribution in [1.82, 2.24) is 39.5 Å². The number of para-hydroxylation sites is 3. The van der Waals surface area contributed by atoms with E-state index >= 15 is 4.79 Å². The molecule has 5 heterocycles. The van der Waals surface area contributed by atoms with Gasteiger partial charge in [-0.1, -0.05) is 103 Å². The Bertz CT molecular complexity index is 3130. The molecule has 3 aliphatic rings. The number of likely N-dealkylation sites (N-methyl/N-ethyl adjacent to an activating group) is 1. The SMILES string of the molecule is CCN(C(=O)c1sc2cccc(C(Cc3ccccc3CN3CCCCC3)c3nc4c(C(=O)N(C)C5CC5)cccc4[nH]3)c2c1Cl)C(Cc1ccccc1CN1CCCCC1)c1nc2ccccc2[nH]1. The van der Waals surface area contributed by atoms with Gasteiger partial charge in [-0.05, 0) is 136 Å². The standard InChI is InChI=1S/C58H63ClN8O2S/c1-3-67(49(56-60-46-24-10-11-25-47(46)61-56)35-39-19-7-9-21-41(39)37-66-32-14-5-15-33-66)58(69)54-52(59)51-43(22-17-27-50(51)70-54)45(34-38-18-6-8-20-40(38)36-65-30-12-4-13-31-65)55-62-48-26-16-23-44(53(48)63-55)57(68)64(2)42-28-29-42/h6-11,16-27,42,45,49H,3-5,12-15,28-37H2,1-2H3,(H,60,61)(H,62,63). The number of amides is 2. The third-order valence-electron chi connectivity index (χ3n) is 15.2. The molecule has 360 valence electrons. The molecule has 1 aliphatic carbocycles. The number of piperidine rings is 2. The van der Waals surface area contributed by atoms with E-state index in [1.165, 1.54) is 72.1 Å². The van der Waals surface area contributed by atoms with Gasteiger partial charge in [0.2, 0.25) is 0 Å². The zero-order valence-electron chi connectivity index (χ0n) is 40.4. The molecule has 2 N–H and O–H groups in total. The molecule has 10 nitrogen and oxygen atoms in total. The van der Waals surface area contributed by atoms with Crippen molar-refractivity contribution >= 4 is 66.9 Å². The van der Waals surface area contributed by atoms with E-state index in [0.717, 1.165) is 96.0 Å². The van der Waals surface area contributed by atoms with E-state index in [1.54, 1.807) is 0 Å². The number of carbonyl (C=O) groups excluding carboxylic acids is 2. The molecule has 2 saturated heterocycles. The third-order valence-corrected chi connectivity index (χ3v) is 16.9. The Kier molecular flexibility index (Phi) is 13.6. The summed E-state index contributed by atoms with van der Waals surface area (Å²) in [5.74, 6) is 1.13. The van der Waals surface area contributed by atoms with Gasteiger partial charge in [0.05, 0.1) is 33.2 Å². The maximum absolute atomic E-state index is 15.5. The number of hydrogen-bond acceptors (Lipinski definition) is 7. The fraction of sp³-hybridized carbons (Fsp3) is 0.379. The molecule has 70 heavy (non-hydrogen) atoms. The van der Waals surface area contributed by atoms with E-state index in [1.807, 2.05) is 59.3 Å². The molecule has 2 atom stereocenters. The van der Waals surface area contributed by atoms with Crippen LogP contribution in [0.4, 0.5) is 0 Å². The van der Waals surface area contributed by atoms with Gasteiger partial charge in [0.1, 0.15) is 22.0 Å². The number of imidazole rings is 2. The van der Waals surface area contributed by atoms with Crippen molar-refractivity contribution < 1.29 is 9.59 Å². The molecule has 2 aliphatic heterocycles. The van der Waals surface area contributed by atoms with Crippen LogP contribution >= 0.6 is 22.9 Å². The average Bonchev–Trinajstić information content (AvgIpc) is 3.85. The fourth-order valence-corrected chi connectivity index (χ4v) is 12.8. The van der Waals surface area contributed by atoms with Crippen LogP contribution in [0.25, 0.3) is 32.2 Å². The summed E-state index contributed by atoms with van der Waals surface area (Å²) in [6.45, 7) is 8.70. The molecule has 0 spiro atoms. The number of nitrogens with zero attached hydrogens (tertiary/aromatic N) is 6. The molecule has 2 unspecified atom stereocenters. The minimum Gasteiger partial charge on any atom is -0.341 e. The van der Waals surface area contributed by atoms with Crippen LogP contribution < -0.4 is 0 Å². The monoisotopic (exact) mass is 970 g/mol. The Morgan fingerprint density at radius 1 is 0.686 bits per heavy atom. The van der Waals surface area contributed by atoms with Crippen LogP contribution in [-0.2, 0) is 25.9 Å². The summed E-state index contributed by atoms with van der Waals surface area (Å²) in [6, 6.07) is 37.7. The van der Waals surface area contributed by atoms with Crippen molar-refractivity contribution in [3.8, 4) is 0 Å². The molecule has 0 bridgehead atoms. The lowest BCUT2D eigenvalue weighted by molar-refractivity contribution is 0.0684. The second-order valence-corrected chi connectivity index (χ2v) is 21.3. The summed E-state index contributed by atoms with van der Waals surface area (Å²) in [4.78, 5) is 56.8. The number of aromatic nitrogens is 4. The van der Waals surface area contributed by atoms with E-state index in [0.29, 0.717) is 40.4 Å². The summed E-state index contributed by atoms with van der Waals surface area (Å²) >= 11 is 9.18. The molecule has 2 amide bonds. The smallest absolute Gasteiger partial charge is 0.266 e. The Morgan fingerprint density at radius 2 is 1.29 bits per heavy atom. The topological polar surface area (TPSA) is 104 Å². The summed E-state index contributed by atoms with van der Waals surface area (Å²) in [5.41, 5.74) is 9.97. The molecule has 3 aromatic heterocycles. The van der Waals surface area contributed by atoms with Gasteiger partial charge in [-0.15, -0.1) is 11.3 Å². The highest BCUT2D eigenvalue weighted by Crippen LogP contribution is 2.44. The number of aromatic amines is 2.